The predicted octanol–water partition coefficient (Wildman–Crippen LogP) is 2.60. The predicted molar refractivity (Wildman–Crippen MR) is 96.7 cm³/mol. The van der Waals surface area contributed by atoms with Crippen LogP contribution in [0, 0.1) is 0 Å². The molecule has 1 aliphatic heterocycles. The summed E-state index contributed by atoms with van der Waals surface area (Å²) in [7, 11) is 1.84. The van der Waals surface area contributed by atoms with Crippen molar-refractivity contribution in [3.8, 4) is 11.3 Å². The fourth-order valence-corrected chi connectivity index (χ4v) is 3.67. The van der Waals surface area contributed by atoms with E-state index in [1.165, 1.54) is 0 Å². The molecule has 4 aromatic rings. The zero-order valence-corrected chi connectivity index (χ0v) is 14.1. The van der Waals surface area contributed by atoms with Crippen LogP contribution in [0.15, 0.2) is 55.1 Å². The number of amides is 1. The summed E-state index contributed by atoms with van der Waals surface area (Å²) in [5.41, 5.74) is 4.62. The van der Waals surface area contributed by atoms with E-state index in [-0.39, 0.29) is 11.8 Å². The van der Waals surface area contributed by atoms with E-state index in [2.05, 4.69) is 20.4 Å². The minimum absolute atomic E-state index is 0.0193. The molecule has 0 bridgehead atoms. The number of fused-ring (bicyclic) bond motifs is 2. The summed E-state index contributed by atoms with van der Waals surface area (Å²) in [4.78, 5) is 21.1. The Morgan fingerprint density at radius 2 is 2.12 bits per heavy atom. The van der Waals surface area contributed by atoms with E-state index in [1.807, 2.05) is 54.2 Å². The van der Waals surface area contributed by atoms with Gasteiger partial charge < -0.3 is 9.72 Å². The van der Waals surface area contributed by atoms with E-state index in [0.717, 1.165) is 34.0 Å². The van der Waals surface area contributed by atoms with Crippen molar-refractivity contribution in [1.29, 1.82) is 0 Å². The maximum absolute atomic E-state index is 12.4. The lowest BCUT2D eigenvalue weighted by Gasteiger charge is -2.23. The fraction of sp³-hybridized carbons (Fsp3) is 0.158. The number of anilines is 1. The second kappa shape index (κ2) is 5.52. The molecular formula is C19H16N6O. The number of aromatic nitrogens is 5. The first-order chi connectivity index (χ1) is 12.7. The normalized spacial score (nSPS) is 16.5. The van der Waals surface area contributed by atoms with Gasteiger partial charge >= 0.3 is 0 Å². The molecule has 0 aromatic carbocycles. The van der Waals surface area contributed by atoms with Gasteiger partial charge in [0.2, 0.25) is 5.91 Å². The molecule has 0 radical (unpaired) electrons. The minimum atomic E-state index is -0.125. The molecule has 0 saturated heterocycles. The Labute approximate surface area is 149 Å². The highest BCUT2D eigenvalue weighted by atomic mass is 16.1. The van der Waals surface area contributed by atoms with Gasteiger partial charge in [0.1, 0.15) is 11.5 Å². The Balaban J connectivity index is 1.76. The van der Waals surface area contributed by atoms with Crippen molar-refractivity contribution < 1.29 is 4.79 Å². The average molecular weight is 344 g/mol. The summed E-state index contributed by atoms with van der Waals surface area (Å²) in [5, 5.41) is 7.64. The third-order valence-corrected chi connectivity index (χ3v) is 4.82. The van der Waals surface area contributed by atoms with E-state index in [1.54, 1.807) is 17.1 Å². The number of carbonyl (C=O) groups excluding carboxylic acids is 1. The van der Waals surface area contributed by atoms with Crippen LogP contribution in [-0.4, -0.2) is 30.1 Å². The number of imidazole rings is 1. The van der Waals surface area contributed by atoms with Crippen LogP contribution in [0.1, 0.15) is 23.6 Å². The summed E-state index contributed by atoms with van der Waals surface area (Å²) in [6.45, 7) is 0. The van der Waals surface area contributed by atoms with Gasteiger partial charge in [0.05, 0.1) is 11.4 Å². The van der Waals surface area contributed by atoms with E-state index in [4.69, 9.17) is 0 Å². The molecule has 7 heteroatoms. The fourth-order valence-electron chi connectivity index (χ4n) is 3.67. The van der Waals surface area contributed by atoms with Gasteiger partial charge in [0.25, 0.3) is 0 Å². The number of hydrogen-bond acceptors (Lipinski definition) is 4. The lowest BCUT2D eigenvalue weighted by atomic mass is 9.88. The van der Waals surface area contributed by atoms with Crippen LogP contribution in [0.5, 0.6) is 0 Å². The average Bonchev–Trinajstić information content (AvgIpc) is 3.24. The minimum Gasteiger partial charge on any atom is -0.311 e. The second-order valence-corrected chi connectivity index (χ2v) is 6.39. The highest BCUT2D eigenvalue weighted by Crippen LogP contribution is 2.42. The molecule has 0 fully saturated rings. The second-order valence-electron chi connectivity index (χ2n) is 6.39. The largest absolute Gasteiger partial charge is 0.311 e. The first kappa shape index (κ1) is 14.8. The molecule has 1 aliphatic rings. The van der Waals surface area contributed by atoms with Crippen LogP contribution in [-0.2, 0) is 11.8 Å². The highest BCUT2D eigenvalue weighted by Gasteiger charge is 2.34. The summed E-state index contributed by atoms with van der Waals surface area (Å²) in [6, 6.07) is 9.75. The molecule has 1 amide bonds. The molecule has 0 saturated carbocycles. The van der Waals surface area contributed by atoms with Gasteiger partial charge in [0.15, 0.2) is 0 Å². The van der Waals surface area contributed by atoms with Crippen molar-refractivity contribution in [3.63, 3.8) is 0 Å². The number of rotatable bonds is 2. The van der Waals surface area contributed by atoms with E-state index in [9.17, 15) is 4.79 Å². The number of aryl methyl sites for hydroxylation is 1. The molecule has 1 unspecified atom stereocenters. The molecule has 26 heavy (non-hydrogen) atoms. The molecule has 7 nitrogen and oxygen atoms in total. The number of nitrogens with one attached hydrogen (secondary N) is 1. The van der Waals surface area contributed by atoms with E-state index in [0.29, 0.717) is 6.42 Å². The van der Waals surface area contributed by atoms with Crippen LogP contribution < -0.4 is 5.32 Å². The van der Waals surface area contributed by atoms with Crippen molar-refractivity contribution in [3.05, 3.63) is 66.4 Å². The number of carbonyl (C=O) groups is 1. The van der Waals surface area contributed by atoms with Gasteiger partial charge in [-0.15, -0.1) is 0 Å². The van der Waals surface area contributed by atoms with Crippen LogP contribution in [0.25, 0.3) is 16.9 Å². The van der Waals surface area contributed by atoms with Gasteiger partial charge in [-0.2, -0.15) is 5.10 Å². The topological polar surface area (TPSA) is 77.1 Å². The maximum Gasteiger partial charge on any atom is 0.226 e. The van der Waals surface area contributed by atoms with Crippen LogP contribution >= 0.6 is 0 Å². The van der Waals surface area contributed by atoms with Crippen LogP contribution in [0.3, 0.4) is 0 Å². The Morgan fingerprint density at radius 3 is 2.96 bits per heavy atom. The molecule has 128 valence electrons. The lowest BCUT2D eigenvalue weighted by Crippen LogP contribution is -2.25. The van der Waals surface area contributed by atoms with Crippen molar-refractivity contribution in [2.45, 2.75) is 12.3 Å². The molecule has 0 aliphatic carbocycles. The van der Waals surface area contributed by atoms with Crippen molar-refractivity contribution in [2.24, 2.45) is 7.05 Å². The smallest absolute Gasteiger partial charge is 0.226 e. The third kappa shape index (κ3) is 2.13. The Hall–Kier alpha value is -3.48. The van der Waals surface area contributed by atoms with E-state index < -0.39 is 0 Å². The highest BCUT2D eigenvalue weighted by molar-refractivity contribution is 5.96. The molecular weight excluding hydrogens is 328 g/mol. The maximum atomic E-state index is 12.4. The molecule has 0 spiro atoms. The summed E-state index contributed by atoms with van der Waals surface area (Å²) >= 11 is 0. The van der Waals surface area contributed by atoms with Crippen molar-refractivity contribution >= 4 is 17.4 Å². The van der Waals surface area contributed by atoms with Crippen LogP contribution in [0.2, 0.25) is 0 Å². The lowest BCUT2D eigenvalue weighted by molar-refractivity contribution is -0.116. The summed E-state index contributed by atoms with van der Waals surface area (Å²) in [5.74, 6) is 0.588. The van der Waals surface area contributed by atoms with Gasteiger partial charge in [-0.3, -0.25) is 14.5 Å². The molecule has 1 atom stereocenters. The van der Waals surface area contributed by atoms with Crippen molar-refractivity contribution in [1.82, 2.24) is 24.1 Å². The van der Waals surface area contributed by atoms with E-state index >= 15 is 0 Å². The number of hydrogen-bond donors (Lipinski definition) is 1. The van der Waals surface area contributed by atoms with Crippen LogP contribution in [0.4, 0.5) is 5.82 Å². The molecule has 5 heterocycles. The monoisotopic (exact) mass is 344 g/mol. The summed E-state index contributed by atoms with van der Waals surface area (Å²) < 4.78 is 3.76. The quantitative estimate of drug-likeness (QED) is 0.606. The zero-order valence-electron chi connectivity index (χ0n) is 14.1. The first-order valence-electron chi connectivity index (χ1n) is 8.41. The van der Waals surface area contributed by atoms with Gasteiger partial charge in [0, 0.05) is 55.3 Å². The zero-order chi connectivity index (χ0) is 17.7. The SMILES string of the molecule is Cn1nc(-c2cccnc2)c2c1NC(=O)CC2c1cnc2ccccn12. The van der Waals surface area contributed by atoms with Gasteiger partial charge in [-0.25, -0.2) is 4.98 Å². The Kier molecular flexibility index (Phi) is 3.15. The first-order valence-corrected chi connectivity index (χ1v) is 8.41. The number of pyridine rings is 2. The van der Waals surface area contributed by atoms with Gasteiger partial charge in [-0.05, 0) is 24.3 Å². The molecule has 5 rings (SSSR count). The standard InChI is InChI=1S/C19H16N6O/c1-24-19-17(18(23-24)12-5-4-7-20-10-12)13(9-16(26)22-19)14-11-21-15-6-2-3-8-25(14)15/h2-8,10-11,13H,9H2,1H3,(H,22,26). The summed E-state index contributed by atoms with van der Waals surface area (Å²) in [6.07, 6.45) is 7.72. The molecule has 4 aromatic heterocycles. The van der Waals surface area contributed by atoms with Crippen molar-refractivity contribution in [2.75, 3.05) is 5.32 Å². The van der Waals surface area contributed by atoms with Gasteiger partial charge in [-0.1, -0.05) is 6.07 Å². The number of nitrogens with zero attached hydrogens (tertiary/aromatic N) is 5. The Bertz CT molecular complexity index is 1130. The Morgan fingerprint density at radius 1 is 1.19 bits per heavy atom. The third-order valence-electron chi connectivity index (χ3n) is 4.82. The molecule has 1 N–H and O–H groups in total.